The summed E-state index contributed by atoms with van der Waals surface area (Å²) in [6, 6.07) is 12.5. The van der Waals surface area contributed by atoms with Gasteiger partial charge in [-0.1, -0.05) is 30.2 Å². The van der Waals surface area contributed by atoms with Crippen molar-refractivity contribution in [2.24, 2.45) is 0 Å². The first-order valence-electron chi connectivity index (χ1n) is 5.71. The first kappa shape index (κ1) is 13.2. The third-order valence-corrected chi connectivity index (χ3v) is 2.70. The van der Waals surface area contributed by atoms with Crippen LogP contribution in [-0.2, 0) is 6.18 Å². The van der Waals surface area contributed by atoms with Crippen LogP contribution in [0.15, 0.2) is 48.5 Å². The molecule has 3 heteroatoms. The van der Waals surface area contributed by atoms with Crippen LogP contribution in [0.1, 0.15) is 18.1 Å². The van der Waals surface area contributed by atoms with Crippen molar-refractivity contribution in [3.05, 3.63) is 59.7 Å². The fraction of sp³-hybridized carbons (Fsp3) is 0.125. The smallest absolute Gasteiger partial charge is 0.166 e. The molecular formula is C16H11F3. The lowest BCUT2D eigenvalue weighted by atomic mass is 10.0. The van der Waals surface area contributed by atoms with Gasteiger partial charge in [-0.05, 0) is 42.3 Å². The third-order valence-electron chi connectivity index (χ3n) is 2.70. The van der Waals surface area contributed by atoms with E-state index in [0.717, 1.165) is 28.8 Å². The molecule has 0 bridgehead atoms. The summed E-state index contributed by atoms with van der Waals surface area (Å²) in [4.78, 5) is 0. The Labute approximate surface area is 109 Å². The Balaban J connectivity index is 2.29. The molecule has 0 radical (unpaired) electrons. The molecule has 0 saturated carbocycles. The number of hydrogen-bond donors (Lipinski definition) is 0. The zero-order chi connectivity index (χ0) is 13.9. The highest BCUT2D eigenvalue weighted by Gasteiger charge is 2.29. The average Bonchev–Trinajstić information content (AvgIpc) is 2.39. The summed E-state index contributed by atoms with van der Waals surface area (Å²) >= 11 is 0. The van der Waals surface area contributed by atoms with Crippen LogP contribution in [0.5, 0.6) is 0 Å². The largest absolute Gasteiger partial charge is 0.416 e. The first-order valence-corrected chi connectivity index (χ1v) is 5.71. The molecule has 0 saturated heterocycles. The molecule has 0 fully saturated rings. The van der Waals surface area contributed by atoms with Crippen LogP contribution in [0.4, 0.5) is 13.2 Å². The monoisotopic (exact) mass is 260 g/mol. The molecule has 19 heavy (non-hydrogen) atoms. The molecule has 2 aromatic carbocycles. The van der Waals surface area contributed by atoms with E-state index < -0.39 is 11.7 Å². The number of benzene rings is 2. The van der Waals surface area contributed by atoms with Crippen molar-refractivity contribution in [1.29, 1.82) is 0 Å². The molecule has 0 N–H and O–H groups in total. The molecule has 0 aliphatic rings. The zero-order valence-corrected chi connectivity index (χ0v) is 10.3. The summed E-state index contributed by atoms with van der Waals surface area (Å²) in [6.45, 7) is 1.75. The normalized spacial score (nSPS) is 10.7. The lowest BCUT2D eigenvalue weighted by Gasteiger charge is -2.07. The highest BCUT2D eigenvalue weighted by molar-refractivity contribution is 5.64. The molecule has 0 aliphatic heterocycles. The number of hydrogen-bond acceptors (Lipinski definition) is 0. The minimum Gasteiger partial charge on any atom is -0.166 e. The minimum atomic E-state index is -4.29. The van der Waals surface area contributed by atoms with Crippen molar-refractivity contribution in [3.8, 4) is 23.0 Å². The Morgan fingerprint density at radius 1 is 0.789 bits per heavy atom. The van der Waals surface area contributed by atoms with Crippen molar-refractivity contribution >= 4 is 0 Å². The maximum absolute atomic E-state index is 12.4. The highest BCUT2D eigenvalue weighted by Crippen LogP contribution is 2.30. The van der Waals surface area contributed by atoms with Crippen LogP contribution < -0.4 is 0 Å². The van der Waals surface area contributed by atoms with Gasteiger partial charge in [0.1, 0.15) is 0 Å². The maximum Gasteiger partial charge on any atom is 0.416 e. The van der Waals surface area contributed by atoms with E-state index in [9.17, 15) is 13.2 Å². The minimum absolute atomic E-state index is 0.635. The molecule has 0 unspecified atom stereocenters. The topological polar surface area (TPSA) is 0 Å². The zero-order valence-electron chi connectivity index (χ0n) is 10.3. The van der Waals surface area contributed by atoms with Crippen LogP contribution in [0, 0.1) is 11.8 Å². The Hall–Kier alpha value is -2.21. The number of alkyl halides is 3. The van der Waals surface area contributed by atoms with E-state index in [4.69, 9.17) is 0 Å². The summed E-state index contributed by atoms with van der Waals surface area (Å²) in [5.74, 6) is 5.71. The van der Waals surface area contributed by atoms with E-state index in [0.29, 0.717) is 0 Å². The van der Waals surface area contributed by atoms with E-state index >= 15 is 0 Å². The number of rotatable bonds is 1. The van der Waals surface area contributed by atoms with E-state index in [1.54, 1.807) is 6.92 Å². The van der Waals surface area contributed by atoms with E-state index in [1.807, 2.05) is 24.3 Å². The van der Waals surface area contributed by atoms with Crippen molar-refractivity contribution < 1.29 is 13.2 Å². The summed E-state index contributed by atoms with van der Waals surface area (Å²) in [6.07, 6.45) is -4.29. The number of halogens is 3. The van der Waals surface area contributed by atoms with Crippen molar-refractivity contribution in [1.82, 2.24) is 0 Å². The predicted molar refractivity (Wildman–Crippen MR) is 69.4 cm³/mol. The molecule has 96 valence electrons. The molecule has 2 rings (SSSR count). The summed E-state index contributed by atoms with van der Waals surface area (Å²) in [5.41, 5.74) is 1.88. The van der Waals surface area contributed by atoms with Gasteiger partial charge in [0.05, 0.1) is 5.56 Å². The van der Waals surface area contributed by atoms with Crippen LogP contribution in [0.3, 0.4) is 0 Å². The van der Waals surface area contributed by atoms with E-state index in [-0.39, 0.29) is 0 Å². The van der Waals surface area contributed by atoms with Gasteiger partial charge in [-0.25, -0.2) is 0 Å². The summed E-state index contributed by atoms with van der Waals surface area (Å²) < 4.78 is 37.3. The van der Waals surface area contributed by atoms with Gasteiger partial charge in [0, 0.05) is 5.56 Å². The quantitative estimate of drug-likeness (QED) is 0.649. The van der Waals surface area contributed by atoms with Gasteiger partial charge in [-0.3, -0.25) is 0 Å². The van der Waals surface area contributed by atoms with Crippen LogP contribution in [0.25, 0.3) is 11.1 Å². The summed E-state index contributed by atoms with van der Waals surface area (Å²) in [5, 5.41) is 0. The van der Waals surface area contributed by atoms with Gasteiger partial charge in [-0.2, -0.15) is 13.2 Å². The lowest BCUT2D eigenvalue weighted by molar-refractivity contribution is -0.137. The second-order valence-electron chi connectivity index (χ2n) is 4.03. The summed E-state index contributed by atoms with van der Waals surface area (Å²) in [7, 11) is 0. The molecule has 0 atom stereocenters. The van der Waals surface area contributed by atoms with E-state index in [2.05, 4.69) is 11.8 Å². The molecule has 0 heterocycles. The van der Waals surface area contributed by atoms with Gasteiger partial charge in [0.15, 0.2) is 0 Å². The molecular weight excluding hydrogens is 249 g/mol. The van der Waals surface area contributed by atoms with Crippen molar-refractivity contribution in [2.45, 2.75) is 13.1 Å². The molecule has 2 aromatic rings. The van der Waals surface area contributed by atoms with Crippen LogP contribution >= 0.6 is 0 Å². The Kier molecular flexibility index (Phi) is 3.62. The van der Waals surface area contributed by atoms with Crippen molar-refractivity contribution in [3.63, 3.8) is 0 Å². The lowest BCUT2D eigenvalue weighted by Crippen LogP contribution is -2.03. The average molecular weight is 260 g/mol. The second kappa shape index (κ2) is 5.19. The Morgan fingerprint density at radius 3 is 1.68 bits per heavy atom. The predicted octanol–water partition coefficient (Wildman–Crippen LogP) is 4.74. The van der Waals surface area contributed by atoms with Gasteiger partial charge in [0.2, 0.25) is 0 Å². The third kappa shape index (κ3) is 3.17. The van der Waals surface area contributed by atoms with Gasteiger partial charge in [0.25, 0.3) is 0 Å². The highest BCUT2D eigenvalue weighted by atomic mass is 19.4. The van der Waals surface area contributed by atoms with Crippen molar-refractivity contribution in [2.75, 3.05) is 0 Å². The van der Waals surface area contributed by atoms with Crippen LogP contribution in [-0.4, -0.2) is 0 Å². The standard InChI is InChI=1S/C16H11F3/c1-2-3-12-4-6-13(7-5-12)14-8-10-15(11-9-14)16(17,18)19/h4-11H,1H3. The van der Waals surface area contributed by atoms with Gasteiger partial charge < -0.3 is 0 Å². The molecule has 0 spiro atoms. The van der Waals surface area contributed by atoms with Crippen LogP contribution in [0.2, 0.25) is 0 Å². The first-order chi connectivity index (χ1) is 9.00. The fourth-order valence-electron chi connectivity index (χ4n) is 1.74. The molecule has 0 nitrogen and oxygen atoms in total. The molecule has 0 aromatic heterocycles. The molecule has 0 amide bonds. The van der Waals surface area contributed by atoms with Gasteiger partial charge >= 0.3 is 6.18 Å². The SMILES string of the molecule is CC#Cc1ccc(-c2ccc(C(F)(F)F)cc2)cc1. The Bertz CT molecular complexity index is 608. The second-order valence-corrected chi connectivity index (χ2v) is 4.03. The Morgan fingerprint density at radius 2 is 1.26 bits per heavy atom. The fourth-order valence-corrected chi connectivity index (χ4v) is 1.74. The maximum atomic E-state index is 12.4. The molecule has 0 aliphatic carbocycles. The van der Waals surface area contributed by atoms with E-state index in [1.165, 1.54) is 12.1 Å². The van der Waals surface area contributed by atoms with Gasteiger partial charge in [-0.15, -0.1) is 5.92 Å².